The van der Waals surface area contributed by atoms with Crippen LogP contribution in [0.15, 0.2) is 66.7 Å². The maximum Gasteiger partial charge on any atom is 0.242 e. The van der Waals surface area contributed by atoms with Crippen LogP contribution in [0.2, 0.25) is 0 Å². The number of hydrogen-bond donors (Lipinski definition) is 1. The summed E-state index contributed by atoms with van der Waals surface area (Å²) in [5.41, 5.74) is 3.85. The van der Waals surface area contributed by atoms with Crippen LogP contribution in [0.5, 0.6) is 17.2 Å². The van der Waals surface area contributed by atoms with E-state index in [4.69, 9.17) is 14.2 Å². The van der Waals surface area contributed by atoms with Crippen LogP contribution in [0.1, 0.15) is 37.9 Å². The first kappa shape index (κ1) is 22.3. The number of nitrogens with one attached hydrogen (secondary N) is 1. The van der Waals surface area contributed by atoms with Crippen LogP contribution in [0.25, 0.3) is 11.1 Å². The zero-order valence-electron chi connectivity index (χ0n) is 19.8. The zero-order chi connectivity index (χ0) is 23.7. The Morgan fingerprint density at radius 1 is 0.941 bits per heavy atom. The number of nitrogens with zero attached hydrogens (tertiary/aromatic N) is 1. The number of rotatable bonds is 4. The number of para-hydroxylation sites is 1. The highest BCUT2D eigenvalue weighted by Gasteiger charge is 2.34. The number of amides is 1. The Balaban J connectivity index is 1.51. The van der Waals surface area contributed by atoms with Crippen LogP contribution in [-0.2, 0) is 11.3 Å². The van der Waals surface area contributed by atoms with E-state index >= 15 is 0 Å². The molecule has 6 nitrogen and oxygen atoms in total. The van der Waals surface area contributed by atoms with Gasteiger partial charge in [-0.25, -0.2) is 0 Å². The van der Waals surface area contributed by atoms with E-state index in [0.29, 0.717) is 19.7 Å². The van der Waals surface area contributed by atoms with Crippen molar-refractivity contribution in [1.29, 1.82) is 0 Å². The molecule has 0 spiro atoms. The third-order valence-corrected chi connectivity index (χ3v) is 6.04. The van der Waals surface area contributed by atoms with E-state index in [0.717, 1.165) is 39.5 Å². The molecular weight excluding hydrogens is 428 g/mol. The monoisotopic (exact) mass is 458 g/mol. The van der Waals surface area contributed by atoms with Crippen LogP contribution >= 0.6 is 0 Å². The van der Waals surface area contributed by atoms with Crippen molar-refractivity contribution in [3.63, 3.8) is 0 Å². The fourth-order valence-electron chi connectivity index (χ4n) is 4.57. The Morgan fingerprint density at radius 3 is 2.56 bits per heavy atom. The minimum Gasteiger partial charge on any atom is -0.492 e. The first-order valence-electron chi connectivity index (χ1n) is 11.6. The van der Waals surface area contributed by atoms with E-state index in [1.54, 1.807) is 0 Å². The molecule has 176 valence electrons. The summed E-state index contributed by atoms with van der Waals surface area (Å²) in [6.07, 6.45) is 0. The van der Waals surface area contributed by atoms with Crippen LogP contribution in [0.4, 0.5) is 0 Å². The van der Waals surface area contributed by atoms with Crippen LogP contribution < -0.4 is 19.5 Å². The van der Waals surface area contributed by atoms with Gasteiger partial charge in [-0.3, -0.25) is 9.69 Å². The topological polar surface area (TPSA) is 60.0 Å². The molecule has 2 aliphatic rings. The van der Waals surface area contributed by atoms with Crippen molar-refractivity contribution in [1.82, 2.24) is 10.2 Å². The number of carbonyl (C=O) groups excluding carboxylic acids is 1. The molecule has 5 rings (SSSR count). The molecule has 0 saturated carbocycles. The molecule has 34 heavy (non-hydrogen) atoms. The van der Waals surface area contributed by atoms with Crippen molar-refractivity contribution < 1.29 is 19.0 Å². The Labute approximate surface area is 200 Å². The van der Waals surface area contributed by atoms with Crippen LogP contribution in [0, 0.1) is 0 Å². The molecule has 1 N–H and O–H groups in total. The minimum atomic E-state index is -0.456. The third kappa shape index (κ3) is 4.59. The van der Waals surface area contributed by atoms with E-state index in [1.807, 2.05) is 69.3 Å². The number of fused-ring (bicyclic) bond motifs is 2. The van der Waals surface area contributed by atoms with Gasteiger partial charge in [0, 0.05) is 24.2 Å². The third-order valence-electron chi connectivity index (χ3n) is 6.04. The highest BCUT2D eigenvalue weighted by atomic mass is 16.7. The molecule has 1 amide bonds. The molecule has 0 radical (unpaired) electrons. The smallest absolute Gasteiger partial charge is 0.242 e. The molecule has 3 aromatic carbocycles. The van der Waals surface area contributed by atoms with Crippen molar-refractivity contribution >= 4 is 5.91 Å². The fourth-order valence-corrected chi connectivity index (χ4v) is 4.57. The van der Waals surface area contributed by atoms with Gasteiger partial charge in [-0.1, -0.05) is 48.5 Å². The Kier molecular flexibility index (Phi) is 5.92. The number of hydrogen-bond acceptors (Lipinski definition) is 5. The average Bonchev–Trinajstić information content (AvgIpc) is 3.19. The lowest BCUT2D eigenvalue weighted by Gasteiger charge is -2.32. The normalized spacial score (nSPS) is 17.4. The molecular formula is C28H30N2O4. The molecule has 0 saturated heterocycles. The molecule has 0 fully saturated rings. The van der Waals surface area contributed by atoms with Gasteiger partial charge in [-0.2, -0.15) is 0 Å². The summed E-state index contributed by atoms with van der Waals surface area (Å²) in [6.45, 7) is 8.01. The summed E-state index contributed by atoms with van der Waals surface area (Å²) in [6, 6.07) is 21.7. The SMILES string of the molecule is CC(C)(C)NC(=O)C1c2ccccc2OCCN1Cc1ccccc1-c1ccc2c(c1)OCO2. The van der Waals surface area contributed by atoms with E-state index in [1.165, 1.54) is 0 Å². The molecule has 2 heterocycles. The predicted molar refractivity (Wildman–Crippen MR) is 131 cm³/mol. The predicted octanol–water partition coefficient (Wildman–Crippen LogP) is 4.93. The molecule has 0 aromatic heterocycles. The standard InChI is InChI=1S/C28H30N2O4/c1-28(2,3)29-27(31)26-22-10-6-7-11-23(22)32-15-14-30(26)17-20-8-4-5-9-21(20)19-12-13-24-25(16-19)34-18-33-24/h4-13,16,26H,14-15,17-18H2,1-3H3,(H,29,31). The highest BCUT2D eigenvalue weighted by molar-refractivity contribution is 5.84. The second kappa shape index (κ2) is 9.03. The summed E-state index contributed by atoms with van der Waals surface area (Å²) in [7, 11) is 0. The fraction of sp³-hybridized carbons (Fsp3) is 0.321. The quantitative estimate of drug-likeness (QED) is 0.601. The summed E-state index contributed by atoms with van der Waals surface area (Å²) in [4.78, 5) is 15.8. The van der Waals surface area contributed by atoms with E-state index < -0.39 is 6.04 Å². The molecule has 1 atom stereocenters. The molecule has 0 bridgehead atoms. The lowest BCUT2D eigenvalue weighted by atomic mass is 9.97. The van der Waals surface area contributed by atoms with E-state index in [2.05, 4.69) is 28.4 Å². The van der Waals surface area contributed by atoms with Gasteiger partial charge < -0.3 is 19.5 Å². The Morgan fingerprint density at radius 2 is 1.71 bits per heavy atom. The van der Waals surface area contributed by atoms with Gasteiger partial charge >= 0.3 is 0 Å². The second-order valence-electron chi connectivity index (χ2n) is 9.72. The summed E-state index contributed by atoms with van der Waals surface area (Å²) in [5.74, 6) is 2.27. The highest BCUT2D eigenvalue weighted by Crippen LogP contribution is 2.38. The van der Waals surface area contributed by atoms with Gasteiger partial charge in [0.2, 0.25) is 12.7 Å². The van der Waals surface area contributed by atoms with Crippen LogP contribution in [0.3, 0.4) is 0 Å². The van der Waals surface area contributed by atoms with E-state index in [-0.39, 0.29) is 18.2 Å². The zero-order valence-corrected chi connectivity index (χ0v) is 19.8. The Bertz CT molecular complexity index is 1200. The first-order chi connectivity index (χ1) is 16.4. The van der Waals surface area contributed by atoms with Gasteiger partial charge in [-0.15, -0.1) is 0 Å². The summed E-state index contributed by atoms with van der Waals surface area (Å²) < 4.78 is 17.1. The first-order valence-corrected chi connectivity index (χ1v) is 11.6. The Hall–Kier alpha value is -3.51. The molecule has 3 aromatic rings. The molecule has 1 unspecified atom stereocenters. The maximum absolute atomic E-state index is 13.6. The number of benzene rings is 3. The van der Waals surface area contributed by atoms with Crippen LogP contribution in [-0.4, -0.2) is 36.3 Å². The van der Waals surface area contributed by atoms with Crippen molar-refractivity contribution in [2.45, 2.75) is 38.9 Å². The maximum atomic E-state index is 13.6. The van der Waals surface area contributed by atoms with Gasteiger partial charge in [0.25, 0.3) is 0 Å². The van der Waals surface area contributed by atoms with Crippen molar-refractivity contribution in [3.8, 4) is 28.4 Å². The van der Waals surface area contributed by atoms with Gasteiger partial charge in [0.15, 0.2) is 11.5 Å². The van der Waals surface area contributed by atoms with Crippen molar-refractivity contribution in [2.24, 2.45) is 0 Å². The van der Waals surface area contributed by atoms with Crippen molar-refractivity contribution in [2.75, 3.05) is 19.9 Å². The molecule has 0 aliphatic carbocycles. The van der Waals surface area contributed by atoms with E-state index in [9.17, 15) is 4.79 Å². The second-order valence-corrected chi connectivity index (χ2v) is 9.72. The van der Waals surface area contributed by atoms with Gasteiger partial charge in [-0.05, 0) is 55.7 Å². The average molecular weight is 459 g/mol. The van der Waals surface area contributed by atoms with Gasteiger partial charge in [0.1, 0.15) is 18.4 Å². The molecule has 6 heteroatoms. The van der Waals surface area contributed by atoms with Gasteiger partial charge in [0.05, 0.1) is 0 Å². The minimum absolute atomic E-state index is 0.0222. The molecule has 2 aliphatic heterocycles. The largest absolute Gasteiger partial charge is 0.492 e. The number of ether oxygens (including phenoxy) is 3. The lowest BCUT2D eigenvalue weighted by Crippen LogP contribution is -2.47. The number of carbonyl (C=O) groups is 1. The van der Waals surface area contributed by atoms with Crippen molar-refractivity contribution in [3.05, 3.63) is 77.9 Å². The summed E-state index contributed by atoms with van der Waals surface area (Å²) in [5, 5.41) is 3.18. The summed E-state index contributed by atoms with van der Waals surface area (Å²) >= 11 is 0. The lowest BCUT2D eigenvalue weighted by molar-refractivity contribution is -0.128.